The first-order valence-corrected chi connectivity index (χ1v) is 5.16. The van der Waals surface area contributed by atoms with E-state index in [1.54, 1.807) is 6.92 Å². The van der Waals surface area contributed by atoms with Crippen LogP contribution in [0.2, 0.25) is 0 Å². The lowest BCUT2D eigenvalue weighted by Crippen LogP contribution is -2.07. The van der Waals surface area contributed by atoms with Crippen LogP contribution in [0.25, 0.3) is 0 Å². The van der Waals surface area contributed by atoms with E-state index in [1.165, 1.54) is 30.5 Å². The van der Waals surface area contributed by atoms with Crippen molar-refractivity contribution >= 4 is 17.5 Å². The van der Waals surface area contributed by atoms with Gasteiger partial charge in [-0.2, -0.15) is 0 Å². The van der Waals surface area contributed by atoms with Crippen LogP contribution in [0, 0.1) is 12.7 Å². The van der Waals surface area contributed by atoms with Gasteiger partial charge in [0.15, 0.2) is 0 Å². The summed E-state index contributed by atoms with van der Waals surface area (Å²) in [4.78, 5) is 18.8. The van der Waals surface area contributed by atoms with Crippen molar-refractivity contribution in [3.05, 3.63) is 47.7 Å². The maximum absolute atomic E-state index is 12.7. The molecule has 0 unspecified atom stereocenters. The molecule has 0 saturated heterocycles. The molecule has 0 amide bonds. The zero-order valence-corrected chi connectivity index (χ0v) is 9.51. The van der Waals surface area contributed by atoms with Gasteiger partial charge in [-0.3, -0.25) is 0 Å². The van der Waals surface area contributed by atoms with Crippen LogP contribution in [-0.2, 0) is 0 Å². The largest absolute Gasteiger partial charge is 0.477 e. The Bertz CT molecular complexity index is 584. The van der Waals surface area contributed by atoms with Crippen LogP contribution < -0.4 is 5.32 Å². The number of aromatic nitrogens is 2. The molecule has 0 aliphatic rings. The summed E-state index contributed by atoms with van der Waals surface area (Å²) in [6, 6.07) is 5.55. The fraction of sp³-hybridized carbons (Fsp3) is 0.0833. The highest BCUT2D eigenvalue weighted by atomic mass is 19.1. The lowest BCUT2D eigenvalue weighted by Gasteiger charge is -2.08. The summed E-state index contributed by atoms with van der Waals surface area (Å²) in [5, 5.41) is 11.8. The molecule has 0 fully saturated rings. The smallest absolute Gasteiger partial charge is 0.341 e. The third-order valence-corrected chi connectivity index (χ3v) is 2.25. The first kappa shape index (κ1) is 12.0. The third-order valence-electron chi connectivity index (χ3n) is 2.25. The summed E-state index contributed by atoms with van der Waals surface area (Å²) >= 11 is 0. The van der Waals surface area contributed by atoms with E-state index >= 15 is 0 Å². The topological polar surface area (TPSA) is 75.1 Å². The monoisotopic (exact) mass is 247 g/mol. The van der Waals surface area contributed by atoms with Crippen molar-refractivity contribution in [1.82, 2.24) is 9.97 Å². The Labute approximate surface area is 102 Å². The second-order valence-corrected chi connectivity index (χ2v) is 3.62. The number of aromatic carboxylic acids is 1. The molecule has 0 bridgehead atoms. The molecule has 2 N–H and O–H groups in total. The van der Waals surface area contributed by atoms with Crippen LogP contribution in [0.15, 0.2) is 30.5 Å². The molecule has 0 aliphatic carbocycles. The van der Waals surface area contributed by atoms with E-state index in [-0.39, 0.29) is 17.2 Å². The van der Waals surface area contributed by atoms with Gasteiger partial charge in [0.1, 0.15) is 23.0 Å². The van der Waals surface area contributed by atoms with Crippen molar-refractivity contribution in [2.75, 3.05) is 5.32 Å². The molecule has 0 aliphatic heterocycles. The lowest BCUT2D eigenvalue weighted by molar-refractivity contribution is 0.0697. The SMILES string of the molecule is Cc1ncc(C(=O)O)c(Nc2ccc(F)cc2)n1. The van der Waals surface area contributed by atoms with Crippen molar-refractivity contribution in [2.45, 2.75) is 6.92 Å². The zero-order chi connectivity index (χ0) is 13.1. The second kappa shape index (κ2) is 4.79. The number of carboxylic acids is 1. The molecular weight excluding hydrogens is 237 g/mol. The Balaban J connectivity index is 2.35. The number of rotatable bonds is 3. The first-order valence-electron chi connectivity index (χ1n) is 5.16. The summed E-state index contributed by atoms with van der Waals surface area (Å²) in [6.45, 7) is 1.65. The normalized spacial score (nSPS) is 10.1. The van der Waals surface area contributed by atoms with Crippen molar-refractivity contribution in [1.29, 1.82) is 0 Å². The van der Waals surface area contributed by atoms with Crippen molar-refractivity contribution in [3.8, 4) is 0 Å². The average molecular weight is 247 g/mol. The van der Waals surface area contributed by atoms with Crippen molar-refractivity contribution in [2.24, 2.45) is 0 Å². The predicted molar refractivity (Wildman–Crippen MR) is 63.4 cm³/mol. The van der Waals surface area contributed by atoms with E-state index in [9.17, 15) is 9.18 Å². The van der Waals surface area contributed by atoms with Gasteiger partial charge in [0.25, 0.3) is 0 Å². The summed E-state index contributed by atoms with van der Waals surface area (Å²) in [5.41, 5.74) is 0.516. The summed E-state index contributed by atoms with van der Waals surface area (Å²) in [5.74, 6) is -0.858. The molecule has 5 nitrogen and oxygen atoms in total. The third kappa shape index (κ3) is 2.60. The van der Waals surface area contributed by atoms with E-state index < -0.39 is 5.97 Å². The summed E-state index contributed by atoms with van der Waals surface area (Å²) < 4.78 is 12.7. The maximum atomic E-state index is 12.7. The van der Waals surface area contributed by atoms with Gasteiger partial charge in [0.05, 0.1) is 0 Å². The number of aryl methyl sites for hydroxylation is 1. The quantitative estimate of drug-likeness (QED) is 0.870. The van der Waals surface area contributed by atoms with E-state index in [0.29, 0.717) is 11.5 Å². The van der Waals surface area contributed by atoms with Gasteiger partial charge in [-0.25, -0.2) is 19.2 Å². The van der Waals surface area contributed by atoms with Gasteiger partial charge in [-0.15, -0.1) is 0 Å². The number of carboxylic acid groups (broad SMARTS) is 1. The van der Waals surface area contributed by atoms with Gasteiger partial charge in [-0.1, -0.05) is 0 Å². The van der Waals surface area contributed by atoms with E-state index in [1.807, 2.05) is 0 Å². The molecule has 2 rings (SSSR count). The number of anilines is 2. The molecule has 2 aromatic rings. The van der Waals surface area contributed by atoms with Gasteiger partial charge in [-0.05, 0) is 31.2 Å². The fourth-order valence-electron chi connectivity index (χ4n) is 1.39. The molecule has 0 saturated carbocycles. The molecule has 92 valence electrons. The van der Waals surface area contributed by atoms with Gasteiger partial charge in [0, 0.05) is 11.9 Å². The van der Waals surface area contributed by atoms with Crippen LogP contribution in [0.3, 0.4) is 0 Å². The predicted octanol–water partition coefficient (Wildman–Crippen LogP) is 2.37. The molecule has 0 atom stereocenters. The van der Waals surface area contributed by atoms with E-state index in [0.717, 1.165) is 0 Å². The number of carbonyl (C=O) groups is 1. The number of benzene rings is 1. The molecule has 0 radical (unpaired) electrons. The van der Waals surface area contributed by atoms with Crippen molar-refractivity contribution < 1.29 is 14.3 Å². The van der Waals surface area contributed by atoms with Crippen LogP contribution >= 0.6 is 0 Å². The van der Waals surface area contributed by atoms with Crippen LogP contribution in [0.1, 0.15) is 16.2 Å². The van der Waals surface area contributed by atoms with Gasteiger partial charge >= 0.3 is 5.97 Å². The van der Waals surface area contributed by atoms with Crippen molar-refractivity contribution in [3.63, 3.8) is 0 Å². The first-order chi connectivity index (χ1) is 8.56. The molecule has 1 aromatic heterocycles. The molecular formula is C12H10FN3O2. The minimum absolute atomic E-state index is 0.0371. The van der Waals surface area contributed by atoms with Crippen LogP contribution in [0.5, 0.6) is 0 Å². The average Bonchev–Trinajstić information content (AvgIpc) is 2.32. The number of hydrogen-bond acceptors (Lipinski definition) is 4. The number of nitrogens with zero attached hydrogens (tertiary/aromatic N) is 2. The Kier molecular flexibility index (Phi) is 3.18. The highest BCUT2D eigenvalue weighted by molar-refractivity contribution is 5.93. The van der Waals surface area contributed by atoms with Crippen LogP contribution in [0.4, 0.5) is 15.9 Å². The molecule has 18 heavy (non-hydrogen) atoms. The standard InChI is InChI=1S/C12H10FN3O2/c1-7-14-6-10(12(17)18)11(15-7)16-9-4-2-8(13)3-5-9/h2-6H,1H3,(H,17,18)(H,14,15,16). The van der Waals surface area contributed by atoms with Gasteiger partial charge < -0.3 is 10.4 Å². The number of nitrogens with one attached hydrogen (secondary N) is 1. The highest BCUT2D eigenvalue weighted by Gasteiger charge is 2.12. The number of halogens is 1. The number of hydrogen-bond donors (Lipinski definition) is 2. The highest BCUT2D eigenvalue weighted by Crippen LogP contribution is 2.18. The lowest BCUT2D eigenvalue weighted by atomic mass is 10.2. The zero-order valence-electron chi connectivity index (χ0n) is 9.51. The van der Waals surface area contributed by atoms with E-state index in [2.05, 4.69) is 15.3 Å². The molecule has 6 heteroatoms. The summed E-state index contributed by atoms with van der Waals surface area (Å²) in [6.07, 6.45) is 1.23. The Morgan fingerprint density at radius 3 is 2.61 bits per heavy atom. The Morgan fingerprint density at radius 1 is 1.33 bits per heavy atom. The molecule has 0 spiro atoms. The minimum Gasteiger partial charge on any atom is -0.477 e. The second-order valence-electron chi connectivity index (χ2n) is 3.62. The maximum Gasteiger partial charge on any atom is 0.341 e. The minimum atomic E-state index is -1.13. The molecule has 1 aromatic carbocycles. The van der Waals surface area contributed by atoms with Gasteiger partial charge in [0.2, 0.25) is 0 Å². The Morgan fingerprint density at radius 2 is 2.00 bits per heavy atom. The fourth-order valence-corrected chi connectivity index (χ4v) is 1.39. The Hall–Kier alpha value is -2.50. The molecule has 1 heterocycles. The summed E-state index contributed by atoms with van der Waals surface area (Å²) in [7, 11) is 0. The van der Waals surface area contributed by atoms with Crippen LogP contribution in [-0.4, -0.2) is 21.0 Å². The van der Waals surface area contributed by atoms with E-state index in [4.69, 9.17) is 5.11 Å².